The Morgan fingerprint density at radius 3 is 3.00 bits per heavy atom. The first kappa shape index (κ1) is 18.9. The molecule has 0 atom stereocenters. The largest absolute Gasteiger partial charge is 0.325 e. The molecule has 1 amide bonds. The van der Waals surface area contributed by atoms with Gasteiger partial charge in [-0.2, -0.15) is 0 Å². The average molecular weight is 450 g/mol. The van der Waals surface area contributed by atoms with E-state index in [9.17, 15) is 9.59 Å². The molecule has 0 unspecified atom stereocenters. The van der Waals surface area contributed by atoms with Crippen molar-refractivity contribution in [2.24, 2.45) is 0 Å². The number of aryl methyl sites for hydroxylation is 1. The third-order valence-electron chi connectivity index (χ3n) is 3.63. The summed E-state index contributed by atoms with van der Waals surface area (Å²) in [5, 5.41) is 5.82. The number of benzene rings is 1. The molecule has 134 valence electrons. The van der Waals surface area contributed by atoms with E-state index in [1.165, 1.54) is 23.1 Å². The second-order valence-corrected chi connectivity index (χ2v) is 8.23. The lowest BCUT2D eigenvalue weighted by atomic mass is 10.2. The molecule has 0 fully saturated rings. The molecule has 5 nitrogen and oxygen atoms in total. The van der Waals surface area contributed by atoms with Gasteiger partial charge in [0.1, 0.15) is 4.83 Å². The minimum atomic E-state index is -0.151. The standard InChI is InChI=1S/C18H16BrN3O2S2/c1-3-7-22-17(24)13-6-8-25-16(13)21-18(22)26-10-15(23)20-12-4-5-14(19)11(2)9-12/h3-6,8-9H,1,7,10H2,2H3,(H,20,23). The molecule has 0 aliphatic rings. The van der Waals surface area contributed by atoms with Crippen molar-refractivity contribution in [2.75, 3.05) is 11.1 Å². The zero-order valence-corrected chi connectivity index (χ0v) is 17.2. The fraction of sp³-hybridized carbons (Fsp3) is 0.167. The minimum Gasteiger partial charge on any atom is -0.325 e. The van der Waals surface area contributed by atoms with Crippen LogP contribution in [0.5, 0.6) is 0 Å². The van der Waals surface area contributed by atoms with Crippen molar-refractivity contribution >= 4 is 60.8 Å². The van der Waals surface area contributed by atoms with Crippen LogP contribution in [0.15, 0.2) is 56.7 Å². The predicted octanol–water partition coefficient (Wildman–Crippen LogP) is 4.45. The molecule has 2 heterocycles. The molecule has 2 aromatic heterocycles. The number of aromatic nitrogens is 2. The topological polar surface area (TPSA) is 64.0 Å². The number of hydrogen-bond donors (Lipinski definition) is 1. The minimum absolute atomic E-state index is 0.109. The molecule has 0 spiro atoms. The average Bonchev–Trinajstić information content (AvgIpc) is 3.08. The molecule has 8 heteroatoms. The van der Waals surface area contributed by atoms with Crippen LogP contribution in [0.3, 0.4) is 0 Å². The summed E-state index contributed by atoms with van der Waals surface area (Å²) in [6, 6.07) is 7.40. The molecule has 3 aromatic rings. The highest BCUT2D eigenvalue weighted by molar-refractivity contribution is 9.10. The van der Waals surface area contributed by atoms with Gasteiger partial charge in [0, 0.05) is 16.7 Å². The van der Waals surface area contributed by atoms with Crippen molar-refractivity contribution in [3.05, 3.63) is 62.7 Å². The SMILES string of the molecule is C=CCn1c(SCC(=O)Nc2ccc(Br)c(C)c2)nc2sccc2c1=O. The molecule has 3 rings (SSSR count). The molecule has 0 aliphatic carbocycles. The van der Waals surface area contributed by atoms with E-state index in [4.69, 9.17) is 0 Å². The molecule has 1 aromatic carbocycles. The highest BCUT2D eigenvalue weighted by atomic mass is 79.9. The zero-order valence-electron chi connectivity index (χ0n) is 14.0. The van der Waals surface area contributed by atoms with Crippen molar-refractivity contribution in [3.8, 4) is 0 Å². The lowest BCUT2D eigenvalue weighted by Gasteiger charge is -2.10. The fourth-order valence-electron chi connectivity index (χ4n) is 2.38. The lowest BCUT2D eigenvalue weighted by Crippen LogP contribution is -2.23. The van der Waals surface area contributed by atoms with Crippen LogP contribution in [0, 0.1) is 6.92 Å². The van der Waals surface area contributed by atoms with Crippen molar-refractivity contribution in [2.45, 2.75) is 18.6 Å². The fourth-order valence-corrected chi connectivity index (χ4v) is 4.24. The van der Waals surface area contributed by atoms with Gasteiger partial charge in [0.25, 0.3) is 5.56 Å². The number of halogens is 1. The van der Waals surface area contributed by atoms with Crippen molar-refractivity contribution in [1.82, 2.24) is 9.55 Å². The Kier molecular flexibility index (Phi) is 5.95. The Labute approximate surface area is 167 Å². The monoisotopic (exact) mass is 449 g/mol. The number of thioether (sulfide) groups is 1. The van der Waals surface area contributed by atoms with Crippen LogP contribution in [-0.4, -0.2) is 21.2 Å². The number of anilines is 1. The van der Waals surface area contributed by atoms with Gasteiger partial charge in [-0.3, -0.25) is 14.2 Å². The second kappa shape index (κ2) is 8.20. The highest BCUT2D eigenvalue weighted by Gasteiger charge is 2.13. The van der Waals surface area contributed by atoms with E-state index in [-0.39, 0.29) is 17.2 Å². The maximum Gasteiger partial charge on any atom is 0.263 e. The summed E-state index contributed by atoms with van der Waals surface area (Å²) in [5.41, 5.74) is 1.67. The number of carbonyl (C=O) groups is 1. The summed E-state index contributed by atoms with van der Waals surface area (Å²) < 4.78 is 2.54. The Balaban J connectivity index is 1.77. The highest BCUT2D eigenvalue weighted by Crippen LogP contribution is 2.23. The molecular weight excluding hydrogens is 434 g/mol. The van der Waals surface area contributed by atoms with Gasteiger partial charge >= 0.3 is 0 Å². The maximum atomic E-state index is 12.6. The Bertz CT molecular complexity index is 1040. The van der Waals surface area contributed by atoms with Gasteiger partial charge in [0.15, 0.2) is 5.16 Å². The smallest absolute Gasteiger partial charge is 0.263 e. The van der Waals surface area contributed by atoms with E-state index in [0.717, 1.165) is 15.7 Å². The Hall–Kier alpha value is -1.90. The quantitative estimate of drug-likeness (QED) is 0.343. The van der Waals surface area contributed by atoms with E-state index in [1.807, 2.05) is 30.5 Å². The zero-order chi connectivity index (χ0) is 18.7. The summed E-state index contributed by atoms with van der Waals surface area (Å²) in [7, 11) is 0. The van der Waals surface area contributed by atoms with Gasteiger partial charge in [-0.05, 0) is 42.1 Å². The summed E-state index contributed by atoms with van der Waals surface area (Å²) in [5.74, 6) is 0.0117. The normalized spacial score (nSPS) is 10.8. The van der Waals surface area contributed by atoms with Crippen LogP contribution < -0.4 is 10.9 Å². The van der Waals surface area contributed by atoms with E-state index < -0.39 is 0 Å². The molecule has 0 bridgehead atoms. The van der Waals surface area contributed by atoms with Gasteiger partial charge in [0.05, 0.1) is 11.1 Å². The summed E-state index contributed by atoms with van der Waals surface area (Å²) in [6.07, 6.45) is 1.65. The number of allylic oxidation sites excluding steroid dienone is 1. The number of thiophene rings is 1. The van der Waals surface area contributed by atoms with Gasteiger partial charge < -0.3 is 5.32 Å². The first-order valence-electron chi connectivity index (χ1n) is 7.77. The maximum absolute atomic E-state index is 12.6. The molecule has 0 aliphatic heterocycles. The number of nitrogens with zero attached hydrogens (tertiary/aromatic N) is 2. The number of rotatable bonds is 6. The number of amides is 1. The van der Waals surface area contributed by atoms with Crippen LogP contribution >= 0.6 is 39.0 Å². The molecule has 0 radical (unpaired) electrons. The molecule has 1 N–H and O–H groups in total. The van der Waals surface area contributed by atoms with Crippen molar-refractivity contribution in [3.63, 3.8) is 0 Å². The molecular formula is C18H16BrN3O2S2. The predicted molar refractivity (Wildman–Crippen MR) is 112 cm³/mol. The lowest BCUT2D eigenvalue weighted by molar-refractivity contribution is -0.113. The van der Waals surface area contributed by atoms with Crippen LogP contribution in [0.25, 0.3) is 10.2 Å². The molecule has 26 heavy (non-hydrogen) atoms. The van der Waals surface area contributed by atoms with E-state index in [1.54, 1.807) is 16.7 Å². The van der Waals surface area contributed by atoms with E-state index in [0.29, 0.717) is 21.9 Å². The van der Waals surface area contributed by atoms with Gasteiger partial charge in [-0.25, -0.2) is 4.98 Å². The second-order valence-electron chi connectivity index (χ2n) is 5.54. The van der Waals surface area contributed by atoms with Crippen LogP contribution in [-0.2, 0) is 11.3 Å². The van der Waals surface area contributed by atoms with Gasteiger partial charge in [-0.1, -0.05) is 33.8 Å². The van der Waals surface area contributed by atoms with Crippen LogP contribution in [0.4, 0.5) is 5.69 Å². The van der Waals surface area contributed by atoms with Crippen LogP contribution in [0.1, 0.15) is 5.56 Å². The van der Waals surface area contributed by atoms with E-state index in [2.05, 4.69) is 32.8 Å². The number of hydrogen-bond acceptors (Lipinski definition) is 5. The van der Waals surface area contributed by atoms with Crippen molar-refractivity contribution in [1.29, 1.82) is 0 Å². The van der Waals surface area contributed by atoms with Crippen LogP contribution in [0.2, 0.25) is 0 Å². The summed E-state index contributed by atoms with van der Waals surface area (Å²) in [6.45, 7) is 6.01. The summed E-state index contributed by atoms with van der Waals surface area (Å²) >= 11 is 6.10. The number of nitrogens with one attached hydrogen (secondary N) is 1. The molecule has 0 saturated carbocycles. The van der Waals surface area contributed by atoms with Crippen molar-refractivity contribution < 1.29 is 4.79 Å². The number of carbonyl (C=O) groups excluding carboxylic acids is 1. The van der Waals surface area contributed by atoms with Gasteiger partial charge in [-0.15, -0.1) is 17.9 Å². The first-order chi connectivity index (χ1) is 12.5. The van der Waals surface area contributed by atoms with Gasteiger partial charge in [0.2, 0.25) is 5.91 Å². The van der Waals surface area contributed by atoms with E-state index >= 15 is 0 Å². The third-order valence-corrected chi connectivity index (χ3v) is 6.31. The third kappa shape index (κ3) is 4.08. The Morgan fingerprint density at radius 1 is 1.46 bits per heavy atom. The Morgan fingerprint density at radius 2 is 2.27 bits per heavy atom. The number of fused-ring (bicyclic) bond motifs is 1. The first-order valence-corrected chi connectivity index (χ1v) is 10.4. The molecule has 0 saturated heterocycles. The summed E-state index contributed by atoms with van der Waals surface area (Å²) in [4.78, 5) is 30.1.